The van der Waals surface area contributed by atoms with Crippen molar-refractivity contribution in [2.24, 2.45) is 7.05 Å². The molecule has 0 fully saturated rings. The van der Waals surface area contributed by atoms with Crippen molar-refractivity contribution in [1.82, 2.24) is 20.1 Å². The average molecular weight is 266 g/mol. The van der Waals surface area contributed by atoms with Crippen LogP contribution >= 0.6 is 0 Å². The van der Waals surface area contributed by atoms with E-state index in [9.17, 15) is 4.79 Å². The first-order chi connectivity index (χ1) is 9.74. The molecule has 5 nitrogen and oxygen atoms in total. The Labute approximate surface area is 116 Å². The van der Waals surface area contributed by atoms with Gasteiger partial charge in [-0.2, -0.15) is 5.10 Å². The molecular weight excluding hydrogens is 252 g/mol. The number of rotatable bonds is 3. The summed E-state index contributed by atoms with van der Waals surface area (Å²) in [6, 6.07) is 11.2. The molecule has 0 unspecified atom stereocenters. The van der Waals surface area contributed by atoms with Crippen LogP contribution in [0, 0.1) is 0 Å². The summed E-state index contributed by atoms with van der Waals surface area (Å²) < 4.78 is 1.75. The molecule has 3 rings (SSSR count). The first-order valence-electron chi connectivity index (χ1n) is 6.34. The van der Waals surface area contributed by atoms with E-state index in [0.717, 1.165) is 16.6 Å². The highest BCUT2D eigenvalue weighted by Crippen LogP contribution is 2.14. The number of pyridine rings is 1. The molecule has 0 radical (unpaired) electrons. The van der Waals surface area contributed by atoms with E-state index >= 15 is 0 Å². The molecule has 20 heavy (non-hydrogen) atoms. The molecule has 0 bridgehead atoms. The minimum absolute atomic E-state index is 0.112. The molecule has 0 spiro atoms. The van der Waals surface area contributed by atoms with Gasteiger partial charge >= 0.3 is 0 Å². The third-order valence-electron chi connectivity index (χ3n) is 3.17. The normalized spacial score (nSPS) is 10.7. The maximum atomic E-state index is 12.1. The predicted octanol–water partition coefficient (Wildman–Crippen LogP) is 1.90. The standard InChI is InChI=1S/C15H14N4O/c1-19-14-8-11(5-6-12(14)9-18-19)15(20)17-10-13-4-2-3-7-16-13/h2-9H,10H2,1H3,(H,17,20). The molecule has 0 aliphatic rings. The zero-order chi connectivity index (χ0) is 13.9. The Bertz CT molecular complexity index is 749. The van der Waals surface area contributed by atoms with Crippen LogP contribution in [0.1, 0.15) is 16.1 Å². The van der Waals surface area contributed by atoms with Gasteiger partial charge in [0.2, 0.25) is 0 Å². The van der Waals surface area contributed by atoms with Gasteiger partial charge in [-0.1, -0.05) is 12.1 Å². The van der Waals surface area contributed by atoms with Crippen molar-refractivity contribution in [2.45, 2.75) is 6.54 Å². The summed E-state index contributed by atoms with van der Waals surface area (Å²) in [6.07, 6.45) is 3.49. The lowest BCUT2D eigenvalue weighted by molar-refractivity contribution is 0.0950. The van der Waals surface area contributed by atoms with E-state index in [1.807, 2.05) is 37.4 Å². The summed E-state index contributed by atoms with van der Waals surface area (Å²) in [5, 5.41) is 8.05. The summed E-state index contributed by atoms with van der Waals surface area (Å²) in [4.78, 5) is 16.3. The van der Waals surface area contributed by atoms with Gasteiger partial charge in [0.15, 0.2) is 0 Å². The maximum Gasteiger partial charge on any atom is 0.251 e. The van der Waals surface area contributed by atoms with Crippen LogP contribution in [0.5, 0.6) is 0 Å². The van der Waals surface area contributed by atoms with Crippen molar-refractivity contribution in [2.75, 3.05) is 0 Å². The second-order valence-corrected chi connectivity index (χ2v) is 4.55. The number of hydrogen-bond donors (Lipinski definition) is 1. The van der Waals surface area contributed by atoms with Gasteiger partial charge in [-0.15, -0.1) is 0 Å². The van der Waals surface area contributed by atoms with E-state index in [1.54, 1.807) is 23.1 Å². The fourth-order valence-electron chi connectivity index (χ4n) is 2.06. The van der Waals surface area contributed by atoms with Crippen molar-refractivity contribution >= 4 is 16.8 Å². The molecule has 0 saturated heterocycles. The van der Waals surface area contributed by atoms with Crippen LogP contribution in [0.15, 0.2) is 48.8 Å². The molecule has 2 heterocycles. The molecule has 3 aromatic rings. The van der Waals surface area contributed by atoms with Crippen molar-refractivity contribution in [3.63, 3.8) is 0 Å². The number of benzene rings is 1. The van der Waals surface area contributed by atoms with E-state index in [4.69, 9.17) is 0 Å². The SMILES string of the molecule is Cn1ncc2ccc(C(=O)NCc3ccccn3)cc21. The molecular formula is C15H14N4O. The maximum absolute atomic E-state index is 12.1. The molecule has 100 valence electrons. The van der Waals surface area contributed by atoms with Crippen LogP contribution in [0.4, 0.5) is 0 Å². The fourth-order valence-corrected chi connectivity index (χ4v) is 2.06. The second-order valence-electron chi connectivity index (χ2n) is 4.55. The lowest BCUT2D eigenvalue weighted by Gasteiger charge is -2.05. The van der Waals surface area contributed by atoms with Gasteiger partial charge in [0.05, 0.1) is 24.0 Å². The third kappa shape index (κ3) is 2.38. The number of amides is 1. The number of aryl methyl sites for hydroxylation is 1. The Morgan fingerprint density at radius 1 is 1.30 bits per heavy atom. The highest BCUT2D eigenvalue weighted by Gasteiger charge is 2.08. The summed E-state index contributed by atoms with van der Waals surface area (Å²) in [6.45, 7) is 0.420. The molecule has 1 N–H and O–H groups in total. The molecule has 0 saturated carbocycles. The number of carbonyl (C=O) groups is 1. The second kappa shape index (κ2) is 5.13. The zero-order valence-corrected chi connectivity index (χ0v) is 11.1. The lowest BCUT2D eigenvalue weighted by atomic mass is 10.1. The topological polar surface area (TPSA) is 59.8 Å². The van der Waals surface area contributed by atoms with Crippen molar-refractivity contribution in [3.05, 3.63) is 60.0 Å². The van der Waals surface area contributed by atoms with Crippen LogP contribution in [0.2, 0.25) is 0 Å². The van der Waals surface area contributed by atoms with Gasteiger partial charge in [0.25, 0.3) is 5.91 Å². The number of nitrogens with one attached hydrogen (secondary N) is 1. The highest BCUT2D eigenvalue weighted by atomic mass is 16.1. The van der Waals surface area contributed by atoms with Crippen LogP contribution < -0.4 is 5.32 Å². The summed E-state index contributed by atoms with van der Waals surface area (Å²) in [5.74, 6) is -0.112. The third-order valence-corrected chi connectivity index (χ3v) is 3.17. The minimum Gasteiger partial charge on any atom is -0.346 e. The van der Waals surface area contributed by atoms with Gasteiger partial charge in [-0.25, -0.2) is 0 Å². The Hall–Kier alpha value is -2.69. The van der Waals surface area contributed by atoms with Gasteiger partial charge in [-0.05, 0) is 24.3 Å². The fraction of sp³-hybridized carbons (Fsp3) is 0.133. The quantitative estimate of drug-likeness (QED) is 0.787. The van der Waals surface area contributed by atoms with E-state index in [1.165, 1.54) is 0 Å². The van der Waals surface area contributed by atoms with E-state index < -0.39 is 0 Å². The highest BCUT2D eigenvalue weighted by molar-refractivity contribution is 5.97. The summed E-state index contributed by atoms with van der Waals surface area (Å²) in [7, 11) is 1.86. The minimum atomic E-state index is -0.112. The number of nitrogens with zero attached hydrogens (tertiary/aromatic N) is 3. The predicted molar refractivity (Wildman–Crippen MR) is 76.1 cm³/mol. The molecule has 2 aromatic heterocycles. The molecule has 0 aliphatic heterocycles. The number of aromatic nitrogens is 3. The van der Waals surface area contributed by atoms with E-state index in [0.29, 0.717) is 12.1 Å². The van der Waals surface area contributed by atoms with Crippen LogP contribution in [-0.2, 0) is 13.6 Å². The van der Waals surface area contributed by atoms with Gasteiger partial charge in [0.1, 0.15) is 0 Å². The summed E-state index contributed by atoms with van der Waals surface area (Å²) in [5.41, 5.74) is 2.40. The first-order valence-corrected chi connectivity index (χ1v) is 6.34. The average Bonchev–Trinajstić information content (AvgIpc) is 2.87. The van der Waals surface area contributed by atoms with Gasteiger partial charge < -0.3 is 5.32 Å². The van der Waals surface area contributed by atoms with Crippen LogP contribution in [-0.4, -0.2) is 20.7 Å². The zero-order valence-electron chi connectivity index (χ0n) is 11.1. The number of hydrogen-bond acceptors (Lipinski definition) is 3. The molecule has 5 heteroatoms. The van der Waals surface area contributed by atoms with Crippen molar-refractivity contribution in [3.8, 4) is 0 Å². The van der Waals surface area contributed by atoms with E-state index in [-0.39, 0.29) is 5.91 Å². The Morgan fingerprint density at radius 2 is 2.20 bits per heavy atom. The van der Waals surface area contributed by atoms with E-state index in [2.05, 4.69) is 15.4 Å². The Kier molecular flexibility index (Phi) is 3.16. The smallest absolute Gasteiger partial charge is 0.251 e. The first kappa shape index (κ1) is 12.3. The molecule has 0 atom stereocenters. The molecule has 0 aliphatic carbocycles. The Morgan fingerprint density at radius 3 is 3.00 bits per heavy atom. The van der Waals surface area contributed by atoms with Gasteiger partial charge in [-0.3, -0.25) is 14.5 Å². The largest absolute Gasteiger partial charge is 0.346 e. The number of carbonyl (C=O) groups excluding carboxylic acids is 1. The van der Waals surface area contributed by atoms with Crippen LogP contribution in [0.25, 0.3) is 10.9 Å². The number of fused-ring (bicyclic) bond motifs is 1. The summed E-state index contributed by atoms with van der Waals surface area (Å²) >= 11 is 0. The lowest BCUT2D eigenvalue weighted by Crippen LogP contribution is -2.23. The van der Waals surface area contributed by atoms with Crippen LogP contribution in [0.3, 0.4) is 0 Å². The van der Waals surface area contributed by atoms with Gasteiger partial charge in [0, 0.05) is 24.2 Å². The van der Waals surface area contributed by atoms with Crippen molar-refractivity contribution in [1.29, 1.82) is 0 Å². The Balaban J connectivity index is 1.77. The monoisotopic (exact) mass is 266 g/mol. The van der Waals surface area contributed by atoms with Crippen molar-refractivity contribution < 1.29 is 4.79 Å². The molecule has 1 amide bonds. The molecule has 1 aromatic carbocycles.